The zero-order valence-electron chi connectivity index (χ0n) is 33.3. The highest BCUT2D eigenvalue weighted by atomic mass is 16.5. The van der Waals surface area contributed by atoms with E-state index in [0.29, 0.717) is 37.7 Å². The van der Waals surface area contributed by atoms with Gasteiger partial charge in [-0.15, -0.1) is 0 Å². The van der Waals surface area contributed by atoms with Gasteiger partial charge in [-0.1, -0.05) is 0 Å². The van der Waals surface area contributed by atoms with Crippen molar-refractivity contribution in [2.45, 2.75) is 55.4 Å². The van der Waals surface area contributed by atoms with Crippen LogP contribution < -0.4 is 14.5 Å². The number of benzene rings is 4. The third-order valence-corrected chi connectivity index (χ3v) is 11.9. The molecule has 6 aromatic rings. The number of nitrogens with zero attached hydrogens (tertiary/aromatic N) is 4. The molecule has 284 valence electrons. The Morgan fingerprint density at radius 3 is 1.20 bits per heavy atom. The van der Waals surface area contributed by atoms with Crippen molar-refractivity contribution in [3.8, 4) is 11.5 Å². The normalized spacial score (nSPS) is 15.1. The molecular formula is C46H50N4O5. The largest absolute Gasteiger partial charge is 0.457 e. The SMILES string of the molecule is Cc1cc2oc(C(=O)N3CCN(c4ccc(Oc5ccc(N6CCN(C(=O)c7oc8cc(C)c(C)cc8c7C)CC6)cc5C)c(C)c4)CC3)c(C)c2cc1C. The number of hydrogen-bond acceptors (Lipinski definition) is 7. The number of carbonyl (C=O) groups is 2. The van der Waals surface area contributed by atoms with Crippen LogP contribution >= 0.6 is 0 Å². The minimum Gasteiger partial charge on any atom is -0.457 e. The van der Waals surface area contributed by atoms with Gasteiger partial charge in [-0.3, -0.25) is 9.59 Å². The van der Waals surface area contributed by atoms with Gasteiger partial charge < -0.3 is 33.2 Å². The number of aryl methyl sites for hydroxylation is 8. The van der Waals surface area contributed by atoms with Gasteiger partial charge in [0.2, 0.25) is 0 Å². The summed E-state index contributed by atoms with van der Waals surface area (Å²) < 4.78 is 18.6. The molecule has 2 fully saturated rings. The lowest BCUT2D eigenvalue weighted by atomic mass is 10.0. The first-order chi connectivity index (χ1) is 26.4. The lowest BCUT2D eigenvalue weighted by Gasteiger charge is -2.36. The van der Waals surface area contributed by atoms with Crippen LogP contribution in [0, 0.1) is 55.4 Å². The van der Waals surface area contributed by atoms with Gasteiger partial charge in [-0.2, -0.15) is 0 Å². The minimum absolute atomic E-state index is 0.0403. The van der Waals surface area contributed by atoms with Crippen molar-refractivity contribution < 1.29 is 23.2 Å². The number of fused-ring (bicyclic) bond motifs is 2. The molecule has 0 N–H and O–H groups in total. The predicted molar refractivity (Wildman–Crippen MR) is 220 cm³/mol. The van der Waals surface area contributed by atoms with Gasteiger partial charge in [0.05, 0.1) is 0 Å². The van der Waals surface area contributed by atoms with E-state index in [2.05, 4.69) is 87.7 Å². The van der Waals surface area contributed by atoms with E-state index >= 15 is 0 Å². The Morgan fingerprint density at radius 1 is 0.473 bits per heavy atom. The van der Waals surface area contributed by atoms with Gasteiger partial charge >= 0.3 is 0 Å². The van der Waals surface area contributed by atoms with E-state index in [1.165, 1.54) is 11.1 Å². The lowest BCUT2D eigenvalue weighted by molar-refractivity contribution is 0.0709. The molecule has 55 heavy (non-hydrogen) atoms. The fraction of sp³-hybridized carbons (Fsp3) is 0.348. The molecule has 0 saturated carbocycles. The van der Waals surface area contributed by atoms with E-state index in [1.807, 2.05) is 47.9 Å². The molecule has 4 aromatic carbocycles. The fourth-order valence-electron chi connectivity index (χ4n) is 7.99. The summed E-state index contributed by atoms with van der Waals surface area (Å²) >= 11 is 0. The number of hydrogen-bond donors (Lipinski definition) is 0. The molecule has 2 aliphatic rings. The van der Waals surface area contributed by atoms with Crippen LogP contribution in [0.4, 0.5) is 11.4 Å². The summed E-state index contributed by atoms with van der Waals surface area (Å²) in [6.45, 7) is 21.9. The van der Waals surface area contributed by atoms with Gasteiger partial charge in [-0.05, 0) is 149 Å². The average molecular weight is 739 g/mol. The van der Waals surface area contributed by atoms with Crippen LogP contribution in [0.25, 0.3) is 21.9 Å². The van der Waals surface area contributed by atoms with E-state index in [9.17, 15) is 9.59 Å². The van der Waals surface area contributed by atoms with E-state index in [1.54, 1.807) is 0 Å². The number of piperazine rings is 2. The van der Waals surface area contributed by atoms with Crippen LogP contribution in [0.2, 0.25) is 0 Å². The van der Waals surface area contributed by atoms with Crippen LogP contribution in [0.3, 0.4) is 0 Å². The quantitative estimate of drug-likeness (QED) is 0.168. The first-order valence-electron chi connectivity index (χ1n) is 19.3. The Hall–Kier alpha value is -5.70. The van der Waals surface area contributed by atoms with E-state index in [-0.39, 0.29) is 11.8 Å². The molecule has 2 aliphatic heterocycles. The van der Waals surface area contributed by atoms with Crippen molar-refractivity contribution in [1.29, 1.82) is 0 Å². The Balaban J connectivity index is 0.865. The average Bonchev–Trinajstić information content (AvgIpc) is 3.67. The molecular weight excluding hydrogens is 689 g/mol. The maximum Gasteiger partial charge on any atom is 0.290 e. The van der Waals surface area contributed by atoms with Gasteiger partial charge in [0.15, 0.2) is 11.5 Å². The molecule has 0 atom stereocenters. The highest BCUT2D eigenvalue weighted by Crippen LogP contribution is 2.35. The van der Waals surface area contributed by atoms with Crippen molar-refractivity contribution >= 4 is 45.1 Å². The summed E-state index contributed by atoms with van der Waals surface area (Å²) in [5, 5.41) is 2.02. The van der Waals surface area contributed by atoms with Gasteiger partial charge in [0.1, 0.15) is 22.7 Å². The van der Waals surface area contributed by atoms with E-state index in [4.69, 9.17) is 13.6 Å². The van der Waals surface area contributed by atoms with Crippen molar-refractivity contribution in [1.82, 2.24) is 9.80 Å². The summed E-state index contributed by atoms with van der Waals surface area (Å²) in [7, 11) is 0. The van der Waals surface area contributed by atoms with Crippen LogP contribution in [0.15, 0.2) is 69.5 Å². The monoisotopic (exact) mass is 738 g/mol. The van der Waals surface area contributed by atoms with Crippen molar-refractivity contribution in [2.75, 3.05) is 62.2 Å². The topological polar surface area (TPSA) is 82.6 Å². The first-order valence-corrected chi connectivity index (χ1v) is 19.3. The number of ether oxygens (including phenoxy) is 1. The molecule has 2 aromatic heterocycles. The summed E-state index contributed by atoms with van der Waals surface area (Å²) in [4.78, 5) is 35.5. The summed E-state index contributed by atoms with van der Waals surface area (Å²) in [5.41, 5.74) is 12.4. The third-order valence-electron chi connectivity index (χ3n) is 11.9. The maximum absolute atomic E-state index is 13.5. The van der Waals surface area contributed by atoms with Gasteiger partial charge in [0, 0.05) is 85.6 Å². The minimum atomic E-state index is -0.0403. The molecule has 8 rings (SSSR count). The van der Waals surface area contributed by atoms with Crippen molar-refractivity contribution in [3.63, 3.8) is 0 Å². The fourth-order valence-corrected chi connectivity index (χ4v) is 7.99. The maximum atomic E-state index is 13.5. The van der Waals surface area contributed by atoms with Crippen LogP contribution in [-0.2, 0) is 0 Å². The first kappa shape index (κ1) is 36.3. The lowest BCUT2D eigenvalue weighted by Crippen LogP contribution is -2.48. The second kappa shape index (κ2) is 14.2. The summed E-state index contributed by atoms with van der Waals surface area (Å²) in [6.07, 6.45) is 0. The molecule has 0 unspecified atom stereocenters. The van der Waals surface area contributed by atoms with E-state index < -0.39 is 0 Å². The molecule has 0 radical (unpaired) electrons. The van der Waals surface area contributed by atoms with E-state index in [0.717, 1.165) is 104 Å². The summed E-state index contributed by atoms with van der Waals surface area (Å²) in [5.74, 6) is 2.45. The molecule has 0 bridgehead atoms. The number of carbonyl (C=O) groups excluding carboxylic acids is 2. The van der Waals surface area contributed by atoms with Crippen LogP contribution in [0.5, 0.6) is 11.5 Å². The smallest absolute Gasteiger partial charge is 0.290 e. The molecule has 2 saturated heterocycles. The molecule has 9 nitrogen and oxygen atoms in total. The summed E-state index contributed by atoms with van der Waals surface area (Å²) in [6, 6.07) is 20.9. The molecule has 2 amide bonds. The predicted octanol–water partition coefficient (Wildman–Crippen LogP) is 9.36. The Bertz CT molecular complexity index is 2300. The Morgan fingerprint density at radius 2 is 0.836 bits per heavy atom. The van der Waals surface area contributed by atoms with Crippen LogP contribution in [-0.4, -0.2) is 74.0 Å². The van der Waals surface area contributed by atoms with Gasteiger partial charge in [-0.25, -0.2) is 0 Å². The Kier molecular flexibility index (Phi) is 9.35. The molecule has 4 heterocycles. The molecule has 0 aliphatic carbocycles. The highest BCUT2D eigenvalue weighted by molar-refractivity contribution is 6.00. The highest BCUT2D eigenvalue weighted by Gasteiger charge is 2.29. The number of furan rings is 2. The van der Waals surface area contributed by atoms with Crippen molar-refractivity contribution in [2.24, 2.45) is 0 Å². The number of anilines is 2. The van der Waals surface area contributed by atoms with Crippen LogP contribution in [0.1, 0.15) is 65.6 Å². The van der Waals surface area contributed by atoms with Crippen molar-refractivity contribution in [3.05, 3.63) is 117 Å². The molecule has 9 heteroatoms. The third kappa shape index (κ3) is 6.70. The number of amides is 2. The second-order valence-electron chi connectivity index (χ2n) is 15.5. The second-order valence-corrected chi connectivity index (χ2v) is 15.5. The van der Waals surface area contributed by atoms with Gasteiger partial charge in [0.25, 0.3) is 11.8 Å². The number of rotatable bonds is 6. The zero-order chi connectivity index (χ0) is 38.7. The standard InChI is InChI=1S/C46H50N4O5/c1-27-23-37-33(7)43(54-41(37)25-29(27)3)45(51)49-17-13-47(14-18-49)35-9-11-39(31(5)21-35)53-40-12-10-36(22-32(40)6)48-15-19-50(20-16-48)46(52)44-34(8)38-24-28(2)30(4)26-42(38)55-44/h9-12,21-26H,13-20H2,1-8H3. The Labute approximate surface area is 323 Å². The molecule has 0 spiro atoms. The zero-order valence-corrected chi connectivity index (χ0v) is 33.3.